The van der Waals surface area contributed by atoms with E-state index in [4.69, 9.17) is 10.2 Å². The summed E-state index contributed by atoms with van der Waals surface area (Å²) >= 11 is 0. The lowest BCUT2D eigenvalue weighted by atomic mass is 10.1. The van der Waals surface area contributed by atoms with Crippen molar-refractivity contribution >= 4 is 11.7 Å². The Morgan fingerprint density at radius 1 is 1.42 bits per heavy atom. The molecule has 1 amide bonds. The summed E-state index contributed by atoms with van der Waals surface area (Å²) in [5.74, 6) is 0.0177. The standard InChI is InChI=1S/C11H15N5O3/c1-2-9-8(10(19)15-7(4-17)5-18)3-12-11-13-6-14-16(9)11/h3,6-7,17-18H,2,4-5H2,1H3,(H,15,19). The molecule has 0 bridgehead atoms. The number of fused-ring (bicyclic) bond motifs is 1. The first-order valence-electron chi connectivity index (χ1n) is 5.91. The Hall–Kier alpha value is -2.06. The van der Waals surface area contributed by atoms with Crippen molar-refractivity contribution in [3.63, 3.8) is 0 Å². The van der Waals surface area contributed by atoms with Crippen molar-refractivity contribution in [3.8, 4) is 0 Å². The molecule has 0 unspecified atom stereocenters. The molecule has 2 aromatic rings. The van der Waals surface area contributed by atoms with Crippen LogP contribution >= 0.6 is 0 Å². The average Bonchev–Trinajstić information content (AvgIpc) is 2.91. The van der Waals surface area contributed by atoms with E-state index < -0.39 is 11.9 Å². The molecule has 0 aliphatic rings. The summed E-state index contributed by atoms with van der Waals surface area (Å²) in [7, 11) is 0. The van der Waals surface area contributed by atoms with Gasteiger partial charge in [-0.2, -0.15) is 10.1 Å². The Morgan fingerprint density at radius 2 is 2.16 bits per heavy atom. The first kappa shape index (κ1) is 13.4. The van der Waals surface area contributed by atoms with Crippen LogP contribution in [0.15, 0.2) is 12.5 Å². The van der Waals surface area contributed by atoms with Crippen LogP contribution in [0.25, 0.3) is 5.78 Å². The van der Waals surface area contributed by atoms with Gasteiger partial charge >= 0.3 is 0 Å². The number of nitrogens with one attached hydrogen (secondary N) is 1. The zero-order valence-corrected chi connectivity index (χ0v) is 10.4. The Bertz CT molecular complexity index is 579. The van der Waals surface area contributed by atoms with Crippen LogP contribution in [0.5, 0.6) is 0 Å². The van der Waals surface area contributed by atoms with E-state index in [-0.39, 0.29) is 13.2 Å². The quantitative estimate of drug-likeness (QED) is 0.624. The minimum absolute atomic E-state index is 0.331. The summed E-state index contributed by atoms with van der Waals surface area (Å²) in [5, 5.41) is 24.5. The van der Waals surface area contributed by atoms with Crippen molar-refractivity contribution in [2.24, 2.45) is 0 Å². The number of carbonyl (C=O) groups excluding carboxylic acids is 1. The molecule has 2 aromatic heterocycles. The lowest BCUT2D eigenvalue weighted by Crippen LogP contribution is -2.40. The summed E-state index contributed by atoms with van der Waals surface area (Å²) in [5.41, 5.74) is 1.03. The minimum Gasteiger partial charge on any atom is -0.394 e. The molecule has 0 fully saturated rings. The van der Waals surface area contributed by atoms with Crippen LogP contribution in [-0.2, 0) is 6.42 Å². The average molecular weight is 265 g/mol. The summed E-state index contributed by atoms with van der Waals surface area (Å²) in [6.45, 7) is 1.23. The normalized spacial score (nSPS) is 11.2. The molecule has 0 aromatic carbocycles. The van der Waals surface area contributed by atoms with Crippen LogP contribution in [-0.4, -0.2) is 55.0 Å². The zero-order chi connectivity index (χ0) is 13.8. The molecule has 3 N–H and O–H groups in total. The SMILES string of the molecule is CCc1c(C(=O)NC(CO)CO)cnc2ncnn12. The predicted octanol–water partition coefficient (Wildman–Crippen LogP) is -1.23. The van der Waals surface area contributed by atoms with E-state index in [1.807, 2.05) is 6.92 Å². The fraction of sp³-hybridized carbons (Fsp3) is 0.455. The number of aliphatic hydroxyl groups is 2. The lowest BCUT2D eigenvalue weighted by Gasteiger charge is -2.14. The second-order valence-electron chi connectivity index (χ2n) is 3.98. The van der Waals surface area contributed by atoms with Crippen LogP contribution in [0, 0.1) is 0 Å². The fourth-order valence-electron chi connectivity index (χ4n) is 1.77. The van der Waals surface area contributed by atoms with Gasteiger partial charge < -0.3 is 15.5 Å². The molecule has 2 rings (SSSR count). The number of aryl methyl sites for hydroxylation is 1. The Balaban J connectivity index is 2.35. The third kappa shape index (κ3) is 2.54. The largest absolute Gasteiger partial charge is 0.394 e. The maximum Gasteiger partial charge on any atom is 0.255 e. The number of hydrogen-bond acceptors (Lipinski definition) is 6. The van der Waals surface area contributed by atoms with E-state index in [9.17, 15) is 4.79 Å². The molecular formula is C11H15N5O3. The van der Waals surface area contributed by atoms with Crippen molar-refractivity contribution in [1.82, 2.24) is 24.9 Å². The van der Waals surface area contributed by atoms with E-state index in [0.717, 1.165) is 0 Å². The van der Waals surface area contributed by atoms with Crippen LogP contribution in [0.1, 0.15) is 23.0 Å². The smallest absolute Gasteiger partial charge is 0.255 e. The van der Waals surface area contributed by atoms with E-state index >= 15 is 0 Å². The van der Waals surface area contributed by atoms with Gasteiger partial charge in [0.25, 0.3) is 11.7 Å². The summed E-state index contributed by atoms with van der Waals surface area (Å²) < 4.78 is 1.50. The molecule has 0 atom stereocenters. The first-order valence-corrected chi connectivity index (χ1v) is 5.91. The van der Waals surface area contributed by atoms with Gasteiger partial charge in [0, 0.05) is 6.20 Å². The van der Waals surface area contributed by atoms with Crippen LogP contribution in [0.4, 0.5) is 0 Å². The van der Waals surface area contributed by atoms with Gasteiger partial charge in [-0.05, 0) is 6.42 Å². The molecule has 0 aliphatic carbocycles. The molecule has 0 aliphatic heterocycles. The van der Waals surface area contributed by atoms with Crippen molar-refractivity contribution < 1.29 is 15.0 Å². The highest BCUT2D eigenvalue weighted by Gasteiger charge is 2.18. The third-order valence-electron chi connectivity index (χ3n) is 2.76. The Morgan fingerprint density at radius 3 is 2.79 bits per heavy atom. The fourth-order valence-corrected chi connectivity index (χ4v) is 1.77. The molecule has 8 nitrogen and oxygen atoms in total. The molecular weight excluding hydrogens is 250 g/mol. The summed E-state index contributed by atoms with van der Waals surface area (Å²) in [6.07, 6.45) is 3.37. The van der Waals surface area contributed by atoms with E-state index in [1.165, 1.54) is 17.0 Å². The highest BCUT2D eigenvalue weighted by atomic mass is 16.3. The second-order valence-corrected chi connectivity index (χ2v) is 3.98. The third-order valence-corrected chi connectivity index (χ3v) is 2.76. The highest BCUT2D eigenvalue weighted by molar-refractivity contribution is 5.95. The van der Waals surface area contributed by atoms with Crippen molar-refractivity contribution in [2.45, 2.75) is 19.4 Å². The number of hydrogen-bond donors (Lipinski definition) is 3. The molecule has 0 saturated carbocycles. The van der Waals surface area contributed by atoms with Crippen molar-refractivity contribution in [3.05, 3.63) is 23.8 Å². The number of nitrogens with zero attached hydrogens (tertiary/aromatic N) is 4. The van der Waals surface area contributed by atoms with Crippen LogP contribution in [0.3, 0.4) is 0 Å². The van der Waals surface area contributed by atoms with E-state index in [1.54, 1.807) is 0 Å². The molecule has 8 heteroatoms. The van der Waals surface area contributed by atoms with Crippen LogP contribution in [0.2, 0.25) is 0 Å². The van der Waals surface area contributed by atoms with Gasteiger partial charge in [-0.25, -0.2) is 9.50 Å². The van der Waals surface area contributed by atoms with Gasteiger partial charge in [-0.1, -0.05) is 6.92 Å². The maximum absolute atomic E-state index is 12.1. The number of aliphatic hydroxyl groups excluding tert-OH is 2. The minimum atomic E-state index is -0.691. The number of aromatic nitrogens is 4. The number of carbonyl (C=O) groups is 1. The Kier molecular flexibility index (Phi) is 4.03. The van der Waals surface area contributed by atoms with Gasteiger partial charge in [-0.3, -0.25) is 4.79 Å². The number of amides is 1. The van der Waals surface area contributed by atoms with Crippen molar-refractivity contribution in [2.75, 3.05) is 13.2 Å². The summed E-state index contributed by atoms with van der Waals surface area (Å²) in [6, 6.07) is -0.691. The number of rotatable bonds is 5. The molecule has 2 heterocycles. The second kappa shape index (κ2) is 5.72. The van der Waals surface area contributed by atoms with Gasteiger partial charge in [0.1, 0.15) is 6.33 Å². The predicted molar refractivity (Wildman–Crippen MR) is 65.6 cm³/mol. The van der Waals surface area contributed by atoms with Gasteiger partial charge in [0.15, 0.2) is 0 Å². The lowest BCUT2D eigenvalue weighted by molar-refractivity contribution is 0.0877. The van der Waals surface area contributed by atoms with Gasteiger partial charge in [-0.15, -0.1) is 0 Å². The molecule has 19 heavy (non-hydrogen) atoms. The topological polar surface area (TPSA) is 113 Å². The molecule has 0 spiro atoms. The van der Waals surface area contributed by atoms with E-state index in [0.29, 0.717) is 23.5 Å². The molecule has 102 valence electrons. The molecule has 0 radical (unpaired) electrons. The Labute approximate surface area is 109 Å². The summed E-state index contributed by atoms with van der Waals surface area (Å²) in [4.78, 5) is 20.1. The van der Waals surface area contributed by atoms with Crippen molar-refractivity contribution in [1.29, 1.82) is 0 Å². The first-order chi connectivity index (χ1) is 9.21. The van der Waals surface area contributed by atoms with Gasteiger partial charge in [0.05, 0.1) is 30.5 Å². The maximum atomic E-state index is 12.1. The van der Waals surface area contributed by atoms with Crippen LogP contribution < -0.4 is 5.32 Å². The molecule has 0 saturated heterocycles. The van der Waals surface area contributed by atoms with E-state index in [2.05, 4.69) is 20.4 Å². The highest BCUT2D eigenvalue weighted by Crippen LogP contribution is 2.10. The monoisotopic (exact) mass is 265 g/mol. The zero-order valence-electron chi connectivity index (χ0n) is 10.4. The van der Waals surface area contributed by atoms with Gasteiger partial charge in [0.2, 0.25) is 0 Å².